The first kappa shape index (κ1) is 20.9. The van der Waals surface area contributed by atoms with Crippen molar-refractivity contribution in [2.75, 3.05) is 43.5 Å². The fourth-order valence-corrected chi connectivity index (χ4v) is 5.42. The van der Waals surface area contributed by atoms with E-state index in [0.29, 0.717) is 22.9 Å². The van der Waals surface area contributed by atoms with E-state index in [1.807, 2.05) is 4.90 Å². The van der Waals surface area contributed by atoms with Gasteiger partial charge in [0.25, 0.3) is 0 Å². The number of benzene rings is 1. The molecular formula is C21H25ClN4O3S. The van der Waals surface area contributed by atoms with Crippen LogP contribution in [0.25, 0.3) is 0 Å². The number of rotatable bonds is 4. The third kappa shape index (κ3) is 4.39. The van der Waals surface area contributed by atoms with Crippen LogP contribution in [0.2, 0.25) is 5.02 Å². The summed E-state index contributed by atoms with van der Waals surface area (Å²) in [6.07, 6.45) is 2.29. The molecule has 1 N–H and O–H groups in total. The van der Waals surface area contributed by atoms with Gasteiger partial charge in [0.15, 0.2) is 5.13 Å². The van der Waals surface area contributed by atoms with E-state index in [1.54, 1.807) is 43.6 Å². The Balaban J connectivity index is 1.38. The molecule has 1 saturated heterocycles. The number of carbonyl (C=O) groups excluding carboxylic acids is 2. The number of aromatic nitrogens is 1. The maximum Gasteiger partial charge on any atom is 0.227 e. The molecule has 2 aliphatic rings. The van der Waals surface area contributed by atoms with Crippen LogP contribution in [0.5, 0.6) is 5.75 Å². The largest absolute Gasteiger partial charge is 0.495 e. The average molecular weight is 449 g/mol. The first-order valence-electron chi connectivity index (χ1n) is 10.1. The molecule has 1 unspecified atom stereocenters. The molecule has 2 heterocycles. The third-order valence-corrected chi connectivity index (χ3v) is 7.19. The standard InChI is InChI=1S/C21H25ClN4O3S/c1-13(27)25-7-9-26(10-8-25)21-24-17-5-3-14(11-19(17)30-21)20(28)23-15-4-6-18(29-2)16(22)12-15/h4,6,12,14H,3,5,7-11H2,1-2H3,(H,23,28). The number of nitrogens with zero attached hydrogens (tertiary/aromatic N) is 3. The van der Waals surface area contributed by atoms with E-state index in [1.165, 1.54) is 4.88 Å². The third-order valence-electron chi connectivity index (χ3n) is 5.71. The molecule has 2 aromatic rings. The summed E-state index contributed by atoms with van der Waals surface area (Å²) in [7, 11) is 1.56. The highest BCUT2D eigenvalue weighted by atomic mass is 35.5. The van der Waals surface area contributed by atoms with Gasteiger partial charge in [-0.3, -0.25) is 9.59 Å². The molecule has 0 radical (unpaired) electrons. The van der Waals surface area contributed by atoms with E-state index in [4.69, 9.17) is 21.3 Å². The molecule has 1 fully saturated rings. The van der Waals surface area contributed by atoms with E-state index in [2.05, 4.69) is 10.2 Å². The average Bonchev–Trinajstić information content (AvgIpc) is 3.17. The Morgan fingerprint density at radius 1 is 1.27 bits per heavy atom. The number of ether oxygens (including phenoxy) is 1. The van der Waals surface area contributed by atoms with Gasteiger partial charge in [-0.1, -0.05) is 11.6 Å². The number of nitrogens with one attached hydrogen (secondary N) is 1. The maximum absolute atomic E-state index is 12.8. The molecule has 0 saturated carbocycles. The number of hydrogen-bond acceptors (Lipinski definition) is 6. The fourth-order valence-electron chi connectivity index (χ4n) is 3.92. The van der Waals surface area contributed by atoms with Crippen molar-refractivity contribution in [1.29, 1.82) is 0 Å². The topological polar surface area (TPSA) is 74.8 Å². The molecule has 1 aromatic heterocycles. The molecule has 1 aliphatic carbocycles. The number of thiazole rings is 1. The van der Waals surface area contributed by atoms with Crippen molar-refractivity contribution >= 4 is 45.6 Å². The summed E-state index contributed by atoms with van der Waals surface area (Å²) in [6, 6.07) is 5.25. The summed E-state index contributed by atoms with van der Waals surface area (Å²) in [4.78, 5) is 34.5. The summed E-state index contributed by atoms with van der Waals surface area (Å²) >= 11 is 7.84. The van der Waals surface area contributed by atoms with Crippen molar-refractivity contribution in [2.45, 2.75) is 26.2 Å². The number of carbonyl (C=O) groups is 2. The van der Waals surface area contributed by atoms with E-state index >= 15 is 0 Å². The molecule has 7 nitrogen and oxygen atoms in total. The molecular weight excluding hydrogens is 424 g/mol. The molecule has 30 heavy (non-hydrogen) atoms. The minimum absolute atomic E-state index is 0.00639. The lowest BCUT2D eigenvalue weighted by Crippen LogP contribution is -2.48. The highest BCUT2D eigenvalue weighted by Crippen LogP contribution is 2.35. The van der Waals surface area contributed by atoms with Crippen LogP contribution in [0, 0.1) is 5.92 Å². The smallest absolute Gasteiger partial charge is 0.227 e. The van der Waals surface area contributed by atoms with Crippen LogP contribution < -0.4 is 15.0 Å². The van der Waals surface area contributed by atoms with Gasteiger partial charge in [0, 0.05) is 49.6 Å². The molecule has 160 valence electrons. The van der Waals surface area contributed by atoms with Gasteiger partial charge in [0.05, 0.1) is 17.8 Å². The zero-order valence-electron chi connectivity index (χ0n) is 17.1. The Morgan fingerprint density at radius 2 is 2.03 bits per heavy atom. The fraction of sp³-hybridized carbons (Fsp3) is 0.476. The van der Waals surface area contributed by atoms with Gasteiger partial charge in [-0.05, 0) is 37.5 Å². The summed E-state index contributed by atoms with van der Waals surface area (Å²) in [5.41, 5.74) is 1.78. The minimum atomic E-state index is -0.0822. The Labute approximate surface area is 185 Å². The van der Waals surface area contributed by atoms with Crippen LogP contribution in [0.3, 0.4) is 0 Å². The zero-order chi connectivity index (χ0) is 21.3. The van der Waals surface area contributed by atoms with Crippen molar-refractivity contribution in [3.63, 3.8) is 0 Å². The summed E-state index contributed by atoms with van der Waals surface area (Å²) in [6.45, 7) is 4.68. The number of anilines is 2. The number of methoxy groups -OCH3 is 1. The minimum Gasteiger partial charge on any atom is -0.495 e. The Bertz CT molecular complexity index is 956. The molecule has 0 spiro atoms. The van der Waals surface area contributed by atoms with E-state index in [0.717, 1.165) is 49.8 Å². The van der Waals surface area contributed by atoms with Crippen molar-refractivity contribution < 1.29 is 14.3 Å². The van der Waals surface area contributed by atoms with Gasteiger partial charge >= 0.3 is 0 Å². The predicted octanol–water partition coefficient (Wildman–Crippen LogP) is 3.22. The maximum atomic E-state index is 12.8. The summed E-state index contributed by atoms with van der Waals surface area (Å²) in [5, 5.41) is 4.45. The van der Waals surface area contributed by atoms with Crippen LogP contribution in [0.15, 0.2) is 18.2 Å². The lowest BCUT2D eigenvalue weighted by atomic mass is 9.90. The lowest BCUT2D eigenvalue weighted by Gasteiger charge is -2.33. The molecule has 4 rings (SSSR count). The Hall–Kier alpha value is -2.32. The number of hydrogen-bond donors (Lipinski definition) is 1. The van der Waals surface area contributed by atoms with Crippen LogP contribution in [0.1, 0.15) is 23.9 Å². The monoisotopic (exact) mass is 448 g/mol. The first-order chi connectivity index (χ1) is 14.4. The van der Waals surface area contributed by atoms with Crippen molar-refractivity contribution in [3.05, 3.63) is 33.8 Å². The molecule has 1 aliphatic heterocycles. The van der Waals surface area contributed by atoms with Crippen molar-refractivity contribution in [3.8, 4) is 5.75 Å². The Morgan fingerprint density at radius 3 is 2.70 bits per heavy atom. The quantitative estimate of drug-likeness (QED) is 0.777. The van der Waals surface area contributed by atoms with Crippen molar-refractivity contribution in [1.82, 2.24) is 9.88 Å². The van der Waals surface area contributed by atoms with Gasteiger partial charge in [-0.25, -0.2) is 4.98 Å². The molecule has 9 heteroatoms. The SMILES string of the molecule is COc1ccc(NC(=O)C2CCc3nc(N4CCN(C(C)=O)CC4)sc3C2)cc1Cl. The van der Waals surface area contributed by atoms with Crippen LogP contribution in [-0.2, 0) is 22.4 Å². The molecule has 1 atom stereocenters. The van der Waals surface area contributed by atoms with Crippen LogP contribution in [0.4, 0.5) is 10.8 Å². The van der Waals surface area contributed by atoms with Crippen LogP contribution >= 0.6 is 22.9 Å². The van der Waals surface area contributed by atoms with Gasteiger partial charge < -0.3 is 19.9 Å². The van der Waals surface area contributed by atoms with E-state index in [-0.39, 0.29) is 17.7 Å². The van der Waals surface area contributed by atoms with Crippen LogP contribution in [-0.4, -0.2) is 55.0 Å². The summed E-state index contributed by atoms with van der Waals surface area (Å²) < 4.78 is 5.16. The lowest BCUT2D eigenvalue weighted by molar-refractivity contribution is -0.129. The summed E-state index contributed by atoms with van der Waals surface area (Å²) in [5.74, 6) is 0.631. The van der Waals surface area contributed by atoms with Gasteiger partial charge in [-0.2, -0.15) is 0 Å². The second-order valence-corrected chi connectivity index (χ2v) is 9.11. The Kier molecular flexibility index (Phi) is 6.15. The zero-order valence-corrected chi connectivity index (χ0v) is 18.7. The van der Waals surface area contributed by atoms with E-state index < -0.39 is 0 Å². The van der Waals surface area contributed by atoms with E-state index in [9.17, 15) is 9.59 Å². The highest BCUT2D eigenvalue weighted by Gasteiger charge is 2.29. The molecule has 1 aromatic carbocycles. The number of piperazine rings is 1. The van der Waals surface area contributed by atoms with Gasteiger partial charge in [-0.15, -0.1) is 11.3 Å². The predicted molar refractivity (Wildman–Crippen MR) is 119 cm³/mol. The second-order valence-electron chi connectivity index (χ2n) is 7.64. The number of fused-ring (bicyclic) bond motifs is 1. The molecule has 2 amide bonds. The number of aryl methyl sites for hydroxylation is 1. The van der Waals surface area contributed by atoms with Gasteiger partial charge in [0.2, 0.25) is 11.8 Å². The van der Waals surface area contributed by atoms with Crippen molar-refractivity contribution in [2.24, 2.45) is 5.92 Å². The highest BCUT2D eigenvalue weighted by molar-refractivity contribution is 7.15. The number of halogens is 1. The second kappa shape index (κ2) is 8.81. The first-order valence-corrected chi connectivity index (χ1v) is 11.3. The number of amides is 2. The molecule has 0 bridgehead atoms. The van der Waals surface area contributed by atoms with Gasteiger partial charge in [0.1, 0.15) is 5.75 Å². The normalized spacial score (nSPS) is 18.7.